The Morgan fingerprint density at radius 2 is 1.64 bits per heavy atom. The van der Waals surface area contributed by atoms with Gasteiger partial charge < -0.3 is 9.47 Å². The maximum atomic E-state index is 5.31. The van der Waals surface area contributed by atoms with E-state index >= 15 is 0 Å². The van der Waals surface area contributed by atoms with Gasteiger partial charge in [0, 0.05) is 17.0 Å². The largest absolute Gasteiger partial charge is 0.454 e. The summed E-state index contributed by atoms with van der Waals surface area (Å²) in [5.41, 5.74) is 1.67. The van der Waals surface area contributed by atoms with Gasteiger partial charge >= 0.3 is 0 Å². The molecule has 2 heterocycles. The van der Waals surface area contributed by atoms with Crippen molar-refractivity contribution in [3.05, 3.63) is 40.3 Å². The predicted molar refractivity (Wildman–Crippen MR) is 92.1 cm³/mol. The predicted octanol–water partition coefficient (Wildman–Crippen LogP) is 5.15. The molecule has 0 unspecified atom stereocenters. The van der Waals surface area contributed by atoms with Crippen LogP contribution in [-0.2, 0) is 10.8 Å². The fourth-order valence-corrected chi connectivity index (χ4v) is 2.68. The van der Waals surface area contributed by atoms with Crippen molar-refractivity contribution in [2.45, 2.75) is 52.4 Å². The fourth-order valence-electron chi connectivity index (χ4n) is 1.96. The van der Waals surface area contributed by atoms with E-state index in [9.17, 15) is 0 Å². The second-order valence-electron chi connectivity index (χ2n) is 7.41. The van der Waals surface area contributed by atoms with Crippen LogP contribution in [0, 0.1) is 0 Å². The van der Waals surface area contributed by atoms with Crippen molar-refractivity contribution in [3.8, 4) is 11.5 Å². The number of thiazole rings is 1. The topological polar surface area (TPSA) is 31.4 Å². The normalized spacial score (nSPS) is 13.5. The number of aromatic nitrogens is 1. The van der Waals surface area contributed by atoms with Crippen molar-refractivity contribution in [1.29, 1.82) is 0 Å². The Kier molecular flexibility index (Phi) is 4.81. The molecule has 0 radical (unpaired) electrons. The minimum absolute atomic E-state index is 0.168. The lowest BCUT2D eigenvalue weighted by Gasteiger charge is -2.18. The molecule has 1 aromatic carbocycles. The smallest absolute Gasteiger partial charge is 0.231 e. The molecule has 1 aliphatic rings. The quantitative estimate of drug-likeness (QED) is 0.672. The van der Waals surface area contributed by atoms with Crippen molar-refractivity contribution in [3.63, 3.8) is 0 Å². The minimum atomic E-state index is 0.168. The first-order chi connectivity index (χ1) is 10.2. The van der Waals surface area contributed by atoms with E-state index in [0.29, 0.717) is 6.79 Å². The Morgan fingerprint density at radius 3 is 2.14 bits per heavy atom. The summed E-state index contributed by atoms with van der Waals surface area (Å²) in [7, 11) is 0. The van der Waals surface area contributed by atoms with E-state index in [2.05, 4.69) is 58.7 Å². The summed E-state index contributed by atoms with van der Waals surface area (Å²) in [5.74, 6) is 1.72. The molecule has 3 nitrogen and oxygen atoms in total. The number of fused-ring (bicyclic) bond motifs is 1. The van der Waals surface area contributed by atoms with Crippen molar-refractivity contribution in [1.82, 2.24) is 4.98 Å². The average Bonchev–Trinajstić information content (AvgIpc) is 3.08. The number of nitrogens with zero attached hydrogens (tertiary/aromatic N) is 1. The molecule has 0 saturated carbocycles. The molecule has 0 fully saturated rings. The van der Waals surface area contributed by atoms with Crippen LogP contribution in [0.1, 0.15) is 52.1 Å². The van der Waals surface area contributed by atoms with Gasteiger partial charge in [-0.1, -0.05) is 47.6 Å². The van der Waals surface area contributed by atoms with E-state index in [4.69, 9.17) is 9.47 Å². The molecule has 0 N–H and O–H groups in total. The maximum Gasteiger partial charge on any atom is 0.231 e. The van der Waals surface area contributed by atoms with Crippen LogP contribution in [0.5, 0.6) is 11.5 Å². The second-order valence-corrected chi connectivity index (χ2v) is 8.30. The second kappa shape index (κ2) is 6.29. The molecular weight excluding hydrogens is 294 g/mol. The minimum Gasteiger partial charge on any atom is -0.454 e. The first-order valence-electron chi connectivity index (χ1n) is 7.48. The van der Waals surface area contributed by atoms with Crippen LogP contribution in [0.4, 0.5) is 0 Å². The van der Waals surface area contributed by atoms with Gasteiger partial charge in [0.15, 0.2) is 11.5 Å². The zero-order chi connectivity index (χ0) is 16.4. The molecule has 0 saturated heterocycles. The van der Waals surface area contributed by atoms with Crippen LogP contribution in [0.15, 0.2) is 29.8 Å². The van der Waals surface area contributed by atoms with Crippen LogP contribution < -0.4 is 9.47 Å². The zero-order valence-electron chi connectivity index (χ0n) is 14.3. The van der Waals surface area contributed by atoms with Gasteiger partial charge in [-0.25, -0.2) is 4.98 Å². The van der Waals surface area contributed by atoms with Crippen LogP contribution in [0.25, 0.3) is 0 Å². The third kappa shape index (κ3) is 4.23. The Balaban J connectivity index is 0.000000172. The van der Waals surface area contributed by atoms with Crippen LogP contribution >= 0.6 is 11.3 Å². The lowest BCUT2D eigenvalue weighted by molar-refractivity contribution is 0.174. The summed E-state index contributed by atoms with van der Waals surface area (Å²) >= 11 is 1.72. The van der Waals surface area contributed by atoms with Crippen LogP contribution in [-0.4, -0.2) is 11.8 Å². The molecule has 3 rings (SSSR count). The van der Waals surface area contributed by atoms with E-state index in [0.717, 1.165) is 11.5 Å². The lowest BCUT2D eigenvalue weighted by Crippen LogP contribution is -2.10. The van der Waals surface area contributed by atoms with E-state index in [1.807, 2.05) is 17.6 Å². The summed E-state index contributed by atoms with van der Waals surface area (Å²) in [5, 5.41) is 3.23. The fraction of sp³-hybridized carbons (Fsp3) is 0.500. The molecular formula is C18H25NO2S. The third-order valence-electron chi connectivity index (χ3n) is 3.31. The first-order valence-corrected chi connectivity index (χ1v) is 8.36. The highest BCUT2D eigenvalue weighted by Gasteiger charge is 2.19. The molecule has 22 heavy (non-hydrogen) atoms. The lowest BCUT2D eigenvalue weighted by atomic mass is 9.87. The highest BCUT2D eigenvalue weighted by molar-refractivity contribution is 7.09. The highest BCUT2D eigenvalue weighted by atomic mass is 32.1. The molecule has 120 valence electrons. The molecule has 1 aliphatic heterocycles. The number of ether oxygens (including phenoxy) is 2. The molecule has 0 spiro atoms. The molecule has 0 bridgehead atoms. The van der Waals surface area contributed by atoms with Gasteiger partial charge in [0.25, 0.3) is 0 Å². The molecule has 4 heteroatoms. The number of hydrogen-bond acceptors (Lipinski definition) is 4. The van der Waals surface area contributed by atoms with Gasteiger partial charge in [0.2, 0.25) is 6.79 Å². The van der Waals surface area contributed by atoms with E-state index in [1.165, 1.54) is 10.6 Å². The van der Waals surface area contributed by atoms with Crippen LogP contribution in [0.3, 0.4) is 0 Å². The molecule has 2 aromatic rings. The van der Waals surface area contributed by atoms with Gasteiger partial charge in [0.1, 0.15) is 0 Å². The molecule has 1 aromatic heterocycles. The van der Waals surface area contributed by atoms with Gasteiger partial charge in [-0.3, -0.25) is 0 Å². The van der Waals surface area contributed by atoms with Crippen molar-refractivity contribution in [2.24, 2.45) is 0 Å². The van der Waals surface area contributed by atoms with E-state index in [-0.39, 0.29) is 10.8 Å². The number of benzene rings is 1. The SMILES string of the molecule is CC(C)(C)c1ccc2c(c1)OCO2.CC(C)(C)c1nccs1. The summed E-state index contributed by atoms with van der Waals surface area (Å²) < 4.78 is 10.6. The van der Waals surface area contributed by atoms with Crippen molar-refractivity contribution >= 4 is 11.3 Å². The van der Waals surface area contributed by atoms with Gasteiger partial charge in [-0.05, 0) is 23.1 Å². The molecule has 0 aliphatic carbocycles. The summed E-state index contributed by atoms with van der Waals surface area (Å²) in [6.45, 7) is 13.4. The Bertz CT molecular complexity index is 607. The Labute approximate surface area is 137 Å². The Hall–Kier alpha value is -1.55. The van der Waals surface area contributed by atoms with E-state index in [1.54, 1.807) is 11.3 Å². The van der Waals surface area contributed by atoms with Gasteiger partial charge in [0.05, 0.1) is 5.01 Å². The van der Waals surface area contributed by atoms with Crippen molar-refractivity contribution in [2.75, 3.05) is 6.79 Å². The number of rotatable bonds is 0. The van der Waals surface area contributed by atoms with Crippen molar-refractivity contribution < 1.29 is 9.47 Å². The highest BCUT2D eigenvalue weighted by Crippen LogP contribution is 2.36. The van der Waals surface area contributed by atoms with E-state index < -0.39 is 0 Å². The molecule has 0 amide bonds. The monoisotopic (exact) mass is 319 g/mol. The summed E-state index contributed by atoms with van der Waals surface area (Å²) in [6, 6.07) is 6.12. The number of hydrogen-bond donors (Lipinski definition) is 0. The third-order valence-corrected chi connectivity index (χ3v) is 4.51. The summed E-state index contributed by atoms with van der Waals surface area (Å²) in [4.78, 5) is 4.21. The standard InChI is InChI=1S/C11H14O2.C7H11NS/c1-11(2,3)8-4-5-9-10(6-8)13-7-12-9;1-7(2,3)6-8-4-5-9-6/h4-6H,7H2,1-3H3;4-5H,1-3H3. The first kappa shape index (κ1) is 16.8. The zero-order valence-corrected chi connectivity index (χ0v) is 15.1. The average molecular weight is 319 g/mol. The van der Waals surface area contributed by atoms with Crippen LogP contribution in [0.2, 0.25) is 0 Å². The van der Waals surface area contributed by atoms with Gasteiger partial charge in [-0.2, -0.15) is 0 Å². The summed E-state index contributed by atoms with van der Waals surface area (Å²) in [6.07, 6.45) is 1.85. The molecule has 0 atom stereocenters. The maximum absolute atomic E-state index is 5.31. The Morgan fingerprint density at radius 1 is 0.955 bits per heavy atom. The van der Waals surface area contributed by atoms with Gasteiger partial charge in [-0.15, -0.1) is 11.3 Å².